The number of aliphatic hydroxyl groups is 1. The first kappa shape index (κ1) is 23.2. The average Bonchev–Trinajstić information content (AvgIpc) is 3.24. The molecule has 9 heteroatoms. The van der Waals surface area contributed by atoms with Crippen LogP contribution in [0.5, 0.6) is 0 Å². The van der Waals surface area contributed by atoms with Crippen LogP contribution in [0.3, 0.4) is 0 Å². The smallest absolute Gasteiger partial charge is 0.160 e. The number of fused-ring (bicyclic) bond motifs is 1. The lowest BCUT2D eigenvalue weighted by molar-refractivity contribution is 0.150. The van der Waals surface area contributed by atoms with E-state index in [0.717, 1.165) is 37.1 Å². The molecule has 1 unspecified atom stereocenters. The largest absolute Gasteiger partial charge is 0.382 e. The number of anilines is 3. The zero-order chi connectivity index (χ0) is 24.4. The topological polar surface area (TPSA) is 97.9 Å². The maximum atomic E-state index is 14.0. The number of nitriles is 1. The van der Waals surface area contributed by atoms with Crippen LogP contribution >= 0.6 is 11.6 Å². The number of benzene rings is 2. The van der Waals surface area contributed by atoms with E-state index in [4.69, 9.17) is 16.7 Å². The first-order valence-corrected chi connectivity index (χ1v) is 12.0. The van der Waals surface area contributed by atoms with Crippen LogP contribution in [0.2, 0.25) is 5.02 Å². The van der Waals surface area contributed by atoms with Crippen molar-refractivity contribution in [3.05, 3.63) is 76.8 Å². The van der Waals surface area contributed by atoms with Gasteiger partial charge in [0.15, 0.2) is 12.0 Å². The molecule has 7 nitrogen and oxygen atoms in total. The Kier molecular flexibility index (Phi) is 6.37. The third-order valence-electron chi connectivity index (χ3n) is 6.83. The van der Waals surface area contributed by atoms with E-state index in [9.17, 15) is 14.8 Å². The Balaban J connectivity index is 1.46. The number of halogens is 2. The van der Waals surface area contributed by atoms with E-state index in [0.29, 0.717) is 29.5 Å². The van der Waals surface area contributed by atoms with Gasteiger partial charge in [-0.2, -0.15) is 10.4 Å². The van der Waals surface area contributed by atoms with Crippen LogP contribution in [0.1, 0.15) is 49.6 Å². The number of aromatic nitrogens is 2. The van der Waals surface area contributed by atoms with Gasteiger partial charge >= 0.3 is 0 Å². The van der Waals surface area contributed by atoms with Crippen LogP contribution in [0.25, 0.3) is 6.08 Å². The summed E-state index contributed by atoms with van der Waals surface area (Å²) in [6, 6.07) is 17.2. The van der Waals surface area contributed by atoms with E-state index in [-0.39, 0.29) is 5.02 Å². The van der Waals surface area contributed by atoms with Gasteiger partial charge in [0.05, 0.1) is 34.3 Å². The number of nitrogens with one attached hydrogen (secondary N) is 3. The van der Waals surface area contributed by atoms with E-state index in [1.165, 1.54) is 12.1 Å². The molecule has 0 spiro atoms. The molecular weight excluding hydrogens is 467 g/mol. The van der Waals surface area contributed by atoms with Gasteiger partial charge in [0.25, 0.3) is 0 Å². The predicted molar refractivity (Wildman–Crippen MR) is 135 cm³/mol. The fraction of sp³-hybridized carbons (Fsp3) is 0.308. The van der Waals surface area contributed by atoms with E-state index in [2.05, 4.69) is 34.2 Å². The molecule has 1 saturated carbocycles. The lowest BCUT2D eigenvalue weighted by Crippen LogP contribution is -2.42. The van der Waals surface area contributed by atoms with Gasteiger partial charge < -0.3 is 21.1 Å². The molecule has 1 fully saturated rings. The Bertz CT molecular complexity index is 1280. The molecule has 0 bridgehead atoms. The minimum atomic E-state index is -0.987. The standard InChI is InChI=1S/C26H26ClFN6O/c27-20-7-6-19(16-21(20)28)32-24-23-22(10-15-30-25(23)35)34(33-24)26(13-14-29)11-8-18(9-12-26)31-17-4-2-1-3-5-17/h1-7,10,15-16,18,25,30-31,35H,8-9,11-13H2,(H,32,33)/t18-,25?,26+. The van der Waals surface area contributed by atoms with Crippen molar-refractivity contribution in [2.24, 2.45) is 0 Å². The molecule has 1 aliphatic carbocycles. The van der Waals surface area contributed by atoms with E-state index in [1.54, 1.807) is 12.3 Å². The molecule has 35 heavy (non-hydrogen) atoms. The molecule has 2 heterocycles. The van der Waals surface area contributed by atoms with Gasteiger partial charge in [0.2, 0.25) is 0 Å². The van der Waals surface area contributed by atoms with Gasteiger partial charge in [-0.1, -0.05) is 29.8 Å². The molecular formula is C26H26ClFN6O. The number of rotatable bonds is 6. The van der Waals surface area contributed by atoms with Crippen LogP contribution < -0.4 is 16.0 Å². The summed E-state index contributed by atoms with van der Waals surface area (Å²) >= 11 is 5.83. The molecule has 180 valence electrons. The quantitative estimate of drug-likeness (QED) is 0.355. The lowest BCUT2D eigenvalue weighted by Gasteiger charge is -2.40. The molecule has 3 aromatic rings. The normalized spacial score (nSPS) is 23.1. The fourth-order valence-electron chi connectivity index (χ4n) is 5.02. The van der Waals surface area contributed by atoms with Crippen molar-refractivity contribution in [2.45, 2.75) is 49.9 Å². The van der Waals surface area contributed by atoms with Crippen molar-refractivity contribution in [2.75, 3.05) is 10.6 Å². The highest BCUT2D eigenvalue weighted by Gasteiger charge is 2.41. The van der Waals surface area contributed by atoms with E-state index in [1.807, 2.05) is 29.0 Å². The highest BCUT2D eigenvalue weighted by molar-refractivity contribution is 6.30. The van der Waals surface area contributed by atoms with Gasteiger partial charge in [0.1, 0.15) is 5.82 Å². The van der Waals surface area contributed by atoms with Gasteiger partial charge in [0, 0.05) is 23.6 Å². The van der Waals surface area contributed by atoms with Gasteiger partial charge in [-0.25, -0.2) is 4.39 Å². The summed E-state index contributed by atoms with van der Waals surface area (Å²) in [6.45, 7) is 0. The monoisotopic (exact) mass is 492 g/mol. The summed E-state index contributed by atoms with van der Waals surface area (Å²) in [5, 5.41) is 35.0. The predicted octanol–water partition coefficient (Wildman–Crippen LogP) is 5.65. The van der Waals surface area contributed by atoms with Crippen LogP contribution in [0, 0.1) is 17.1 Å². The summed E-state index contributed by atoms with van der Waals surface area (Å²) in [7, 11) is 0. The molecule has 0 amide bonds. The van der Waals surface area contributed by atoms with Crippen LogP contribution in [-0.4, -0.2) is 20.9 Å². The second-order valence-corrected chi connectivity index (χ2v) is 9.47. The third kappa shape index (κ3) is 4.57. The Morgan fingerprint density at radius 2 is 1.97 bits per heavy atom. The zero-order valence-corrected chi connectivity index (χ0v) is 19.8. The highest BCUT2D eigenvalue weighted by atomic mass is 35.5. The summed E-state index contributed by atoms with van der Waals surface area (Å²) in [4.78, 5) is 0. The van der Waals surface area contributed by atoms with Crippen molar-refractivity contribution in [1.82, 2.24) is 15.1 Å². The Labute approximate surface area is 208 Å². The lowest BCUT2D eigenvalue weighted by atomic mass is 9.77. The molecule has 1 aliphatic heterocycles. The Hall–Kier alpha value is -3.54. The second kappa shape index (κ2) is 9.61. The summed E-state index contributed by atoms with van der Waals surface area (Å²) < 4.78 is 15.9. The van der Waals surface area contributed by atoms with E-state index < -0.39 is 17.6 Å². The number of hydrogen-bond donors (Lipinski definition) is 4. The molecule has 1 aromatic heterocycles. The van der Waals surface area contributed by atoms with E-state index >= 15 is 0 Å². The first-order valence-electron chi connectivity index (χ1n) is 11.6. The molecule has 1 atom stereocenters. The van der Waals surface area contributed by atoms with Crippen LogP contribution in [-0.2, 0) is 5.54 Å². The van der Waals surface area contributed by atoms with Gasteiger partial charge in [-0.05, 0) is 62.1 Å². The second-order valence-electron chi connectivity index (χ2n) is 9.06. The Morgan fingerprint density at radius 1 is 1.20 bits per heavy atom. The first-order chi connectivity index (χ1) is 17.0. The number of hydrogen-bond acceptors (Lipinski definition) is 6. The van der Waals surface area contributed by atoms with Crippen LogP contribution in [0.4, 0.5) is 21.6 Å². The molecule has 4 N–H and O–H groups in total. The van der Waals surface area contributed by atoms with Crippen molar-refractivity contribution < 1.29 is 9.50 Å². The minimum absolute atomic E-state index is 0.0292. The molecule has 5 rings (SSSR count). The third-order valence-corrected chi connectivity index (χ3v) is 7.14. The number of nitrogens with zero attached hydrogens (tertiary/aromatic N) is 3. The van der Waals surface area contributed by atoms with Gasteiger partial charge in [-0.3, -0.25) is 4.68 Å². The van der Waals surface area contributed by atoms with Crippen molar-refractivity contribution in [1.29, 1.82) is 5.26 Å². The number of para-hydroxylation sites is 1. The number of aliphatic hydroxyl groups excluding tert-OH is 1. The summed E-state index contributed by atoms with van der Waals surface area (Å²) in [6.07, 6.45) is 6.11. The maximum absolute atomic E-state index is 14.0. The highest BCUT2D eigenvalue weighted by Crippen LogP contribution is 2.43. The fourth-order valence-corrected chi connectivity index (χ4v) is 5.14. The maximum Gasteiger partial charge on any atom is 0.160 e. The molecule has 2 aliphatic rings. The molecule has 2 aromatic carbocycles. The summed E-state index contributed by atoms with van der Waals surface area (Å²) in [5.74, 6) is -0.137. The Morgan fingerprint density at radius 3 is 2.69 bits per heavy atom. The summed E-state index contributed by atoms with van der Waals surface area (Å²) in [5.41, 5.74) is 2.33. The van der Waals surface area contributed by atoms with Gasteiger partial charge in [-0.15, -0.1) is 0 Å². The van der Waals surface area contributed by atoms with Crippen molar-refractivity contribution in [3.63, 3.8) is 0 Å². The molecule has 0 saturated heterocycles. The average molecular weight is 493 g/mol. The minimum Gasteiger partial charge on any atom is -0.382 e. The SMILES string of the molecule is N#CC[C@]1(n2nc(Nc3ccc(Cl)c(F)c3)c3c2C=CNC3O)CC[C@@H](Nc2ccccc2)CC1. The van der Waals surface area contributed by atoms with Crippen molar-refractivity contribution >= 4 is 34.9 Å². The van der Waals surface area contributed by atoms with Crippen molar-refractivity contribution in [3.8, 4) is 6.07 Å². The zero-order valence-electron chi connectivity index (χ0n) is 19.0. The van der Waals surface area contributed by atoms with Crippen LogP contribution in [0.15, 0.2) is 54.7 Å². The molecule has 0 radical (unpaired) electrons.